The molecule has 0 radical (unpaired) electrons. The molecule has 1 saturated heterocycles. The molecule has 5 heteroatoms. The van der Waals surface area contributed by atoms with E-state index in [0.717, 1.165) is 38.3 Å². The zero-order valence-electron chi connectivity index (χ0n) is 17.0. The summed E-state index contributed by atoms with van der Waals surface area (Å²) in [6.45, 7) is 9.68. The predicted molar refractivity (Wildman–Crippen MR) is 105 cm³/mol. The molecule has 1 unspecified atom stereocenters. The van der Waals surface area contributed by atoms with Crippen molar-refractivity contribution in [2.45, 2.75) is 45.6 Å². The standard InChI is InChI=1S/C21H34N2O3/c1-21(2,3)26-20(24)22(4)15-18-9-7-12-23(16-18)13-11-17-8-6-10-19(14-17)25-5/h6,8,10,14,18H,7,9,11-13,15-16H2,1-5H3. The van der Waals surface area contributed by atoms with Crippen molar-refractivity contribution in [3.8, 4) is 5.75 Å². The molecular weight excluding hydrogens is 328 g/mol. The molecule has 1 amide bonds. The second-order valence-electron chi connectivity index (χ2n) is 8.27. The summed E-state index contributed by atoms with van der Waals surface area (Å²) in [5.74, 6) is 1.42. The van der Waals surface area contributed by atoms with E-state index in [1.165, 1.54) is 18.4 Å². The van der Waals surface area contributed by atoms with Gasteiger partial charge in [0, 0.05) is 26.7 Å². The molecule has 146 valence electrons. The number of amides is 1. The lowest BCUT2D eigenvalue weighted by molar-refractivity contribution is 0.0244. The van der Waals surface area contributed by atoms with E-state index < -0.39 is 5.60 Å². The lowest BCUT2D eigenvalue weighted by atomic mass is 9.97. The van der Waals surface area contributed by atoms with E-state index in [4.69, 9.17) is 9.47 Å². The molecule has 1 heterocycles. The van der Waals surface area contributed by atoms with Gasteiger partial charge < -0.3 is 19.3 Å². The zero-order chi connectivity index (χ0) is 19.2. The largest absolute Gasteiger partial charge is 0.497 e. The predicted octanol–water partition coefficient (Wildman–Crippen LogP) is 3.82. The van der Waals surface area contributed by atoms with Crippen LogP contribution in [0.2, 0.25) is 0 Å². The van der Waals surface area contributed by atoms with Crippen LogP contribution in [0.4, 0.5) is 4.79 Å². The maximum Gasteiger partial charge on any atom is 0.410 e. The van der Waals surface area contributed by atoms with E-state index in [1.54, 1.807) is 12.0 Å². The van der Waals surface area contributed by atoms with Gasteiger partial charge in [-0.25, -0.2) is 4.79 Å². The van der Waals surface area contributed by atoms with Crippen molar-refractivity contribution in [1.82, 2.24) is 9.80 Å². The number of hydrogen-bond acceptors (Lipinski definition) is 4. The van der Waals surface area contributed by atoms with Crippen molar-refractivity contribution in [2.24, 2.45) is 5.92 Å². The van der Waals surface area contributed by atoms with Gasteiger partial charge in [0.15, 0.2) is 0 Å². The summed E-state index contributed by atoms with van der Waals surface area (Å²) in [7, 11) is 3.54. The Bertz CT molecular complexity index is 583. The Morgan fingerprint density at radius 1 is 1.35 bits per heavy atom. The van der Waals surface area contributed by atoms with Gasteiger partial charge in [-0.15, -0.1) is 0 Å². The fraction of sp³-hybridized carbons (Fsp3) is 0.667. The van der Waals surface area contributed by atoms with E-state index in [2.05, 4.69) is 17.0 Å². The van der Waals surface area contributed by atoms with Gasteiger partial charge in [-0.1, -0.05) is 12.1 Å². The van der Waals surface area contributed by atoms with Crippen molar-refractivity contribution < 1.29 is 14.3 Å². The van der Waals surface area contributed by atoms with Crippen molar-refractivity contribution in [2.75, 3.05) is 40.3 Å². The first-order valence-electron chi connectivity index (χ1n) is 9.56. The highest BCUT2D eigenvalue weighted by Crippen LogP contribution is 2.20. The molecular formula is C21H34N2O3. The Hall–Kier alpha value is -1.75. The lowest BCUT2D eigenvalue weighted by Crippen LogP contribution is -2.43. The first kappa shape index (κ1) is 20.6. The highest BCUT2D eigenvalue weighted by molar-refractivity contribution is 5.67. The van der Waals surface area contributed by atoms with Gasteiger partial charge in [-0.3, -0.25) is 0 Å². The van der Waals surface area contributed by atoms with Crippen molar-refractivity contribution >= 4 is 6.09 Å². The number of carbonyl (C=O) groups excluding carboxylic acids is 1. The normalized spacial score (nSPS) is 18.4. The number of methoxy groups -OCH3 is 1. The Labute approximate surface area is 158 Å². The van der Waals surface area contributed by atoms with Gasteiger partial charge in [0.1, 0.15) is 11.4 Å². The molecule has 1 atom stereocenters. The SMILES string of the molecule is COc1cccc(CCN2CCCC(CN(C)C(=O)OC(C)(C)C)C2)c1. The summed E-state index contributed by atoms with van der Waals surface area (Å²) >= 11 is 0. The van der Waals surface area contributed by atoms with E-state index in [0.29, 0.717) is 5.92 Å². The summed E-state index contributed by atoms with van der Waals surface area (Å²) in [6, 6.07) is 8.29. The summed E-state index contributed by atoms with van der Waals surface area (Å²) < 4.78 is 10.8. The first-order valence-corrected chi connectivity index (χ1v) is 9.56. The molecule has 0 N–H and O–H groups in total. The third-order valence-corrected chi connectivity index (χ3v) is 4.69. The average Bonchev–Trinajstić information content (AvgIpc) is 2.59. The number of benzene rings is 1. The smallest absolute Gasteiger partial charge is 0.410 e. The van der Waals surface area contributed by atoms with Crippen LogP contribution in [0, 0.1) is 5.92 Å². The lowest BCUT2D eigenvalue weighted by Gasteiger charge is -2.35. The number of ether oxygens (including phenoxy) is 2. The summed E-state index contributed by atoms with van der Waals surface area (Å²) in [4.78, 5) is 16.4. The van der Waals surface area contributed by atoms with Gasteiger partial charge in [-0.2, -0.15) is 0 Å². The van der Waals surface area contributed by atoms with Crippen LogP contribution in [0.5, 0.6) is 5.75 Å². The van der Waals surface area contributed by atoms with Gasteiger partial charge >= 0.3 is 6.09 Å². The number of hydrogen-bond donors (Lipinski definition) is 0. The topological polar surface area (TPSA) is 42.0 Å². The molecule has 26 heavy (non-hydrogen) atoms. The maximum atomic E-state index is 12.2. The third-order valence-electron chi connectivity index (χ3n) is 4.69. The number of rotatable bonds is 6. The highest BCUT2D eigenvalue weighted by Gasteiger charge is 2.25. The van der Waals surface area contributed by atoms with Crippen LogP contribution in [0.25, 0.3) is 0 Å². The molecule has 0 bridgehead atoms. The summed E-state index contributed by atoms with van der Waals surface area (Å²) in [6.07, 6.45) is 3.14. The van der Waals surface area contributed by atoms with Crippen LogP contribution in [0.1, 0.15) is 39.2 Å². The minimum absolute atomic E-state index is 0.231. The first-order chi connectivity index (χ1) is 12.3. The van der Waals surface area contributed by atoms with Crippen LogP contribution < -0.4 is 4.74 Å². The van der Waals surface area contributed by atoms with E-state index in [9.17, 15) is 4.79 Å². The molecule has 1 aliphatic rings. The fourth-order valence-corrected chi connectivity index (χ4v) is 3.42. The Kier molecular flexibility index (Phi) is 7.33. The molecule has 1 aromatic carbocycles. The minimum atomic E-state index is -0.444. The van der Waals surface area contributed by atoms with Crippen LogP contribution in [0.3, 0.4) is 0 Å². The van der Waals surface area contributed by atoms with Gasteiger partial charge in [0.2, 0.25) is 0 Å². The number of nitrogens with zero attached hydrogens (tertiary/aromatic N) is 2. The molecule has 1 aromatic rings. The molecule has 5 nitrogen and oxygen atoms in total. The van der Waals surface area contributed by atoms with Crippen molar-refractivity contribution in [3.05, 3.63) is 29.8 Å². The average molecular weight is 363 g/mol. The molecule has 2 rings (SSSR count). The molecule has 0 saturated carbocycles. The molecule has 0 aliphatic carbocycles. The van der Waals surface area contributed by atoms with Crippen LogP contribution in [-0.4, -0.2) is 61.8 Å². The molecule has 1 fully saturated rings. The molecule has 0 spiro atoms. The van der Waals surface area contributed by atoms with Gasteiger partial charge in [-0.05, 0) is 70.2 Å². The fourth-order valence-electron chi connectivity index (χ4n) is 3.42. The summed E-state index contributed by atoms with van der Waals surface area (Å²) in [5, 5.41) is 0. The minimum Gasteiger partial charge on any atom is -0.497 e. The quantitative estimate of drug-likeness (QED) is 0.772. The highest BCUT2D eigenvalue weighted by atomic mass is 16.6. The van der Waals surface area contributed by atoms with Crippen LogP contribution in [0.15, 0.2) is 24.3 Å². The van der Waals surface area contributed by atoms with Crippen molar-refractivity contribution in [1.29, 1.82) is 0 Å². The zero-order valence-corrected chi connectivity index (χ0v) is 17.0. The Morgan fingerprint density at radius 2 is 2.12 bits per heavy atom. The van der Waals surface area contributed by atoms with E-state index in [1.807, 2.05) is 40.0 Å². The second kappa shape index (κ2) is 9.26. The van der Waals surface area contributed by atoms with Gasteiger partial charge in [0.25, 0.3) is 0 Å². The monoisotopic (exact) mass is 362 g/mol. The number of piperidine rings is 1. The summed E-state index contributed by atoms with van der Waals surface area (Å²) in [5.41, 5.74) is 0.859. The Balaban J connectivity index is 1.80. The van der Waals surface area contributed by atoms with Gasteiger partial charge in [0.05, 0.1) is 7.11 Å². The Morgan fingerprint density at radius 3 is 2.81 bits per heavy atom. The van der Waals surface area contributed by atoms with E-state index >= 15 is 0 Å². The molecule has 0 aromatic heterocycles. The van der Waals surface area contributed by atoms with Crippen LogP contribution >= 0.6 is 0 Å². The second-order valence-corrected chi connectivity index (χ2v) is 8.27. The maximum absolute atomic E-state index is 12.2. The van der Waals surface area contributed by atoms with E-state index in [-0.39, 0.29) is 6.09 Å². The van der Waals surface area contributed by atoms with Crippen molar-refractivity contribution in [3.63, 3.8) is 0 Å². The molecule has 1 aliphatic heterocycles. The van der Waals surface area contributed by atoms with Crippen LogP contribution in [-0.2, 0) is 11.2 Å². The number of likely N-dealkylation sites (tertiary alicyclic amines) is 1. The number of carbonyl (C=O) groups is 1. The third kappa shape index (κ3) is 6.87.